The molecule has 1 aromatic carbocycles. The lowest BCUT2D eigenvalue weighted by molar-refractivity contribution is -0.146. The van der Waals surface area contributed by atoms with Crippen LogP contribution < -0.4 is 4.90 Å². The van der Waals surface area contributed by atoms with Crippen molar-refractivity contribution in [3.8, 4) is 0 Å². The molecular weight excluding hydrogens is 325 g/mol. The van der Waals surface area contributed by atoms with Crippen LogP contribution in [0.5, 0.6) is 0 Å². The van der Waals surface area contributed by atoms with Gasteiger partial charge in [-0.15, -0.1) is 6.58 Å². The standard InChI is InChI=1S/C19H18FNO4/c1-10(2)9-14-19-8-7-13(25-19)15(18(23)24)16(19)17(22)21(14)12-5-3-11(20)4-6-12/h3-8,13-16H,1,9H2,2H3,(H,23,24)/t13-,14+,15+,16-,19-/m1/s1. The Morgan fingerprint density at radius 1 is 1.40 bits per heavy atom. The maximum absolute atomic E-state index is 13.3. The number of hydrogen-bond acceptors (Lipinski definition) is 3. The molecule has 1 N–H and O–H groups in total. The summed E-state index contributed by atoms with van der Waals surface area (Å²) in [7, 11) is 0. The quantitative estimate of drug-likeness (QED) is 0.853. The number of carboxylic acid groups (broad SMARTS) is 1. The highest BCUT2D eigenvalue weighted by atomic mass is 19.1. The van der Waals surface area contributed by atoms with E-state index in [0.29, 0.717) is 12.1 Å². The number of carboxylic acids is 1. The van der Waals surface area contributed by atoms with Gasteiger partial charge >= 0.3 is 5.97 Å². The van der Waals surface area contributed by atoms with E-state index in [2.05, 4.69) is 6.58 Å². The molecule has 1 spiro atoms. The SMILES string of the molecule is C=C(C)C[C@@H]1N(c2ccc(F)cc2)C(=O)[C@H]2[C@@H](C(=O)O)[C@H]3C=C[C@@]12O3. The Labute approximate surface area is 144 Å². The summed E-state index contributed by atoms with van der Waals surface area (Å²) in [5.74, 6) is -3.42. The fourth-order valence-electron chi connectivity index (χ4n) is 4.42. The molecular formula is C19H18FNO4. The summed E-state index contributed by atoms with van der Waals surface area (Å²) in [6.45, 7) is 5.80. The molecule has 0 radical (unpaired) electrons. The smallest absolute Gasteiger partial charge is 0.310 e. The van der Waals surface area contributed by atoms with Crippen molar-refractivity contribution in [2.45, 2.75) is 31.1 Å². The summed E-state index contributed by atoms with van der Waals surface area (Å²) in [4.78, 5) is 26.5. The van der Waals surface area contributed by atoms with Gasteiger partial charge in [0.1, 0.15) is 17.3 Å². The first-order chi connectivity index (χ1) is 11.8. The number of halogens is 1. The molecule has 5 nitrogen and oxygen atoms in total. The fourth-order valence-corrected chi connectivity index (χ4v) is 4.42. The van der Waals surface area contributed by atoms with Crippen LogP contribution in [0.3, 0.4) is 0 Å². The maximum Gasteiger partial charge on any atom is 0.310 e. The molecule has 3 heterocycles. The van der Waals surface area contributed by atoms with Gasteiger partial charge < -0.3 is 14.7 Å². The third-order valence-corrected chi connectivity index (χ3v) is 5.35. The highest BCUT2D eigenvalue weighted by molar-refractivity contribution is 6.03. The molecule has 4 rings (SSSR count). The molecule has 2 bridgehead atoms. The topological polar surface area (TPSA) is 66.8 Å². The zero-order valence-corrected chi connectivity index (χ0v) is 13.7. The number of fused-ring (bicyclic) bond motifs is 1. The Morgan fingerprint density at radius 3 is 2.68 bits per heavy atom. The second-order valence-corrected chi connectivity index (χ2v) is 7.00. The van der Waals surface area contributed by atoms with Crippen molar-refractivity contribution in [1.29, 1.82) is 0 Å². The van der Waals surface area contributed by atoms with Crippen molar-refractivity contribution < 1.29 is 23.8 Å². The summed E-state index contributed by atoms with van der Waals surface area (Å²) in [5, 5.41) is 9.61. The minimum absolute atomic E-state index is 0.294. The van der Waals surface area contributed by atoms with Gasteiger partial charge in [0.15, 0.2) is 0 Å². The molecule has 0 aromatic heterocycles. The monoisotopic (exact) mass is 343 g/mol. The Kier molecular flexibility index (Phi) is 3.37. The average molecular weight is 343 g/mol. The number of rotatable bonds is 4. The van der Waals surface area contributed by atoms with Crippen molar-refractivity contribution in [2.75, 3.05) is 4.90 Å². The van der Waals surface area contributed by atoms with E-state index in [1.807, 2.05) is 13.0 Å². The highest BCUT2D eigenvalue weighted by Gasteiger charge is 2.71. The average Bonchev–Trinajstić information content (AvgIpc) is 3.18. The van der Waals surface area contributed by atoms with E-state index in [-0.39, 0.29) is 5.91 Å². The Hall–Kier alpha value is -2.47. The fraction of sp³-hybridized carbons (Fsp3) is 0.368. The van der Waals surface area contributed by atoms with E-state index < -0.39 is 41.4 Å². The van der Waals surface area contributed by atoms with Crippen molar-refractivity contribution in [1.82, 2.24) is 0 Å². The summed E-state index contributed by atoms with van der Waals surface area (Å²) in [5.41, 5.74) is 0.420. The lowest BCUT2D eigenvalue weighted by atomic mass is 9.74. The molecule has 2 saturated heterocycles. The van der Waals surface area contributed by atoms with Crippen molar-refractivity contribution >= 4 is 17.6 Å². The third-order valence-electron chi connectivity index (χ3n) is 5.35. The number of hydrogen-bond donors (Lipinski definition) is 1. The molecule has 25 heavy (non-hydrogen) atoms. The van der Waals surface area contributed by atoms with Crippen LogP contribution in [0.1, 0.15) is 13.3 Å². The van der Waals surface area contributed by atoms with Crippen LogP contribution in [-0.2, 0) is 14.3 Å². The first kappa shape index (κ1) is 16.0. The first-order valence-electron chi connectivity index (χ1n) is 8.18. The summed E-state index contributed by atoms with van der Waals surface area (Å²) in [6, 6.07) is 5.23. The Morgan fingerprint density at radius 2 is 2.08 bits per heavy atom. The van der Waals surface area contributed by atoms with Crippen molar-refractivity contribution in [3.63, 3.8) is 0 Å². The van der Waals surface area contributed by atoms with E-state index in [1.54, 1.807) is 11.0 Å². The molecule has 5 atom stereocenters. The van der Waals surface area contributed by atoms with Crippen LogP contribution in [0.15, 0.2) is 48.6 Å². The van der Waals surface area contributed by atoms with Gasteiger partial charge in [-0.2, -0.15) is 0 Å². The predicted molar refractivity (Wildman–Crippen MR) is 88.5 cm³/mol. The van der Waals surface area contributed by atoms with E-state index in [1.165, 1.54) is 24.3 Å². The summed E-state index contributed by atoms with van der Waals surface area (Å²) in [6.07, 6.45) is 3.46. The van der Waals surface area contributed by atoms with Gasteiger partial charge in [-0.25, -0.2) is 4.39 Å². The second-order valence-electron chi connectivity index (χ2n) is 7.00. The molecule has 130 valence electrons. The minimum Gasteiger partial charge on any atom is -0.481 e. The number of aliphatic carboxylic acids is 1. The molecule has 0 aliphatic carbocycles. The molecule has 6 heteroatoms. The molecule has 0 saturated carbocycles. The van der Waals surface area contributed by atoms with Gasteiger partial charge in [-0.1, -0.05) is 17.7 Å². The number of benzene rings is 1. The van der Waals surface area contributed by atoms with Gasteiger partial charge in [0, 0.05) is 5.69 Å². The van der Waals surface area contributed by atoms with Crippen LogP contribution in [0.25, 0.3) is 0 Å². The zero-order valence-electron chi connectivity index (χ0n) is 13.7. The van der Waals surface area contributed by atoms with Gasteiger partial charge in [0.2, 0.25) is 5.91 Å². The molecule has 2 fully saturated rings. The molecule has 1 aromatic rings. The van der Waals surface area contributed by atoms with Crippen molar-refractivity contribution in [2.24, 2.45) is 11.8 Å². The van der Waals surface area contributed by atoms with Crippen LogP contribution in [0.2, 0.25) is 0 Å². The van der Waals surface area contributed by atoms with E-state index in [4.69, 9.17) is 4.74 Å². The number of carbonyl (C=O) groups excluding carboxylic acids is 1. The Bertz CT molecular complexity index is 802. The number of anilines is 1. The van der Waals surface area contributed by atoms with Gasteiger partial charge in [-0.05, 0) is 37.6 Å². The molecule has 3 aliphatic heterocycles. The van der Waals surface area contributed by atoms with E-state index in [9.17, 15) is 19.1 Å². The maximum atomic E-state index is 13.3. The first-order valence-corrected chi connectivity index (χ1v) is 8.18. The van der Waals surface area contributed by atoms with Crippen molar-refractivity contribution in [3.05, 3.63) is 54.4 Å². The zero-order chi connectivity index (χ0) is 17.9. The van der Waals surface area contributed by atoms with Gasteiger partial charge in [-0.3, -0.25) is 9.59 Å². The third kappa shape index (κ3) is 2.10. The second kappa shape index (κ2) is 5.26. The molecule has 0 unspecified atom stereocenters. The summed E-state index contributed by atoms with van der Waals surface area (Å²) < 4.78 is 19.3. The van der Waals surface area contributed by atoms with Gasteiger partial charge in [0.05, 0.1) is 18.1 Å². The number of ether oxygens (including phenoxy) is 1. The van der Waals surface area contributed by atoms with Crippen LogP contribution in [0.4, 0.5) is 10.1 Å². The Balaban J connectivity index is 1.84. The minimum atomic E-state index is -1.04. The molecule has 1 amide bonds. The normalized spacial score (nSPS) is 35.3. The van der Waals surface area contributed by atoms with Crippen LogP contribution in [0, 0.1) is 17.7 Å². The largest absolute Gasteiger partial charge is 0.481 e. The lowest BCUT2D eigenvalue weighted by Crippen LogP contribution is -2.45. The number of nitrogens with zero attached hydrogens (tertiary/aromatic N) is 1. The highest BCUT2D eigenvalue weighted by Crippen LogP contribution is 2.56. The lowest BCUT2D eigenvalue weighted by Gasteiger charge is -2.33. The number of carbonyl (C=O) groups is 2. The van der Waals surface area contributed by atoms with E-state index >= 15 is 0 Å². The molecule has 3 aliphatic rings. The predicted octanol–water partition coefficient (Wildman–Crippen LogP) is 2.53. The summed E-state index contributed by atoms with van der Waals surface area (Å²) >= 11 is 0. The number of amides is 1. The van der Waals surface area contributed by atoms with Crippen LogP contribution >= 0.6 is 0 Å². The van der Waals surface area contributed by atoms with Crippen LogP contribution in [-0.4, -0.2) is 34.7 Å². The van der Waals surface area contributed by atoms with E-state index in [0.717, 1.165) is 5.57 Å². The van der Waals surface area contributed by atoms with Gasteiger partial charge in [0.25, 0.3) is 0 Å².